The molecular weight excluding hydrogens is 324 g/mol. The van der Waals surface area contributed by atoms with Crippen molar-refractivity contribution in [1.82, 2.24) is 0 Å². The first kappa shape index (κ1) is 17.3. The highest BCUT2D eigenvalue weighted by atomic mass is 32.2. The Balaban J connectivity index is 2.10. The van der Waals surface area contributed by atoms with Crippen LogP contribution >= 0.6 is 23.5 Å². The van der Waals surface area contributed by atoms with E-state index < -0.39 is 0 Å². The van der Waals surface area contributed by atoms with Gasteiger partial charge in [-0.1, -0.05) is 37.4 Å². The molecule has 116 valence electrons. The smallest absolute Gasteiger partial charge is 0.219 e. The molecule has 23 heavy (non-hydrogen) atoms. The van der Waals surface area contributed by atoms with Gasteiger partial charge >= 0.3 is 0 Å². The summed E-state index contributed by atoms with van der Waals surface area (Å²) in [5, 5.41) is -0.0904. The fraction of sp³-hybridized carbons (Fsp3) is 0.0526. The lowest BCUT2D eigenvalue weighted by molar-refractivity contribution is -0.108. The maximum absolute atomic E-state index is 11.6. The van der Waals surface area contributed by atoms with Gasteiger partial charge in [0.25, 0.3) is 0 Å². The van der Waals surface area contributed by atoms with Crippen LogP contribution in [0.3, 0.4) is 0 Å². The summed E-state index contributed by atoms with van der Waals surface area (Å²) in [5.74, 6) is 0. The van der Waals surface area contributed by atoms with Crippen LogP contribution < -0.4 is 0 Å². The third-order valence-electron chi connectivity index (χ3n) is 2.99. The Kier molecular flexibility index (Phi) is 6.02. The molecule has 2 nitrogen and oxygen atoms in total. The van der Waals surface area contributed by atoms with Gasteiger partial charge in [-0.25, -0.2) is 0 Å². The first-order valence-electron chi connectivity index (χ1n) is 6.92. The predicted octanol–water partition coefficient (Wildman–Crippen LogP) is 5.35. The maximum atomic E-state index is 11.6. The SMILES string of the molecule is C=CC(=O)Sc1ccc(-c2ccc(SC(=O)C(=C)C)cc2)cc1. The largest absolute Gasteiger partial charge is 0.282 e. The van der Waals surface area contributed by atoms with Gasteiger partial charge in [-0.05, 0) is 77.5 Å². The highest BCUT2D eigenvalue weighted by Crippen LogP contribution is 2.28. The Morgan fingerprint density at radius 1 is 0.870 bits per heavy atom. The zero-order valence-corrected chi connectivity index (χ0v) is 14.4. The summed E-state index contributed by atoms with van der Waals surface area (Å²) in [6.07, 6.45) is 1.31. The van der Waals surface area contributed by atoms with Gasteiger partial charge in [0.05, 0.1) is 0 Å². The van der Waals surface area contributed by atoms with Crippen molar-refractivity contribution in [2.24, 2.45) is 0 Å². The standard InChI is InChI=1S/C19H16O2S2/c1-4-18(20)22-16-9-5-14(6-10-16)15-7-11-17(12-8-15)23-19(21)13(2)3/h4-12H,1-2H2,3H3. The van der Waals surface area contributed by atoms with Crippen LogP contribution in [0.1, 0.15) is 6.92 Å². The van der Waals surface area contributed by atoms with Crippen molar-refractivity contribution < 1.29 is 9.59 Å². The summed E-state index contributed by atoms with van der Waals surface area (Å²) in [6, 6.07) is 15.6. The van der Waals surface area contributed by atoms with Crippen LogP contribution in [-0.2, 0) is 9.59 Å². The van der Waals surface area contributed by atoms with Gasteiger partial charge in [-0.2, -0.15) is 0 Å². The van der Waals surface area contributed by atoms with E-state index in [0.29, 0.717) is 5.57 Å². The molecule has 0 aliphatic rings. The molecule has 0 radical (unpaired) electrons. The quantitative estimate of drug-likeness (QED) is 0.542. The Morgan fingerprint density at radius 2 is 1.30 bits per heavy atom. The molecule has 0 amide bonds. The van der Waals surface area contributed by atoms with Gasteiger partial charge in [-0.15, -0.1) is 0 Å². The van der Waals surface area contributed by atoms with Gasteiger partial charge in [0.1, 0.15) is 0 Å². The highest BCUT2D eigenvalue weighted by molar-refractivity contribution is 8.14. The van der Waals surface area contributed by atoms with Crippen molar-refractivity contribution in [3.63, 3.8) is 0 Å². The van der Waals surface area contributed by atoms with Gasteiger partial charge in [0.2, 0.25) is 10.2 Å². The molecule has 0 atom stereocenters. The molecule has 2 rings (SSSR count). The predicted molar refractivity (Wildman–Crippen MR) is 98.6 cm³/mol. The van der Waals surface area contributed by atoms with Crippen LogP contribution in [-0.4, -0.2) is 10.2 Å². The average molecular weight is 340 g/mol. The van der Waals surface area contributed by atoms with Crippen LogP contribution in [0.4, 0.5) is 0 Å². The molecule has 0 unspecified atom stereocenters. The van der Waals surface area contributed by atoms with Gasteiger partial charge < -0.3 is 0 Å². The fourth-order valence-electron chi connectivity index (χ4n) is 1.78. The van der Waals surface area contributed by atoms with Crippen LogP contribution in [0.2, 0.25) is 0 Å². The minimum Gasteiger partial charge on any atom is -0.282 e. The second kappa shape index (κ2) is 7.99. The van der Waals surface area contributed by atoms with E-state index >= 15 is 0 Å². The number of carbonyl (C=O) groups excluding carboxylic acids is 2. The average Bonchev–Trinajstić information content (AvgIpc) is 2.56. The Labute approximate surface area is 144 Å². The van der Waals surface area contributed by atoms with E-state index in [4.69, 9.17) is 0 Å². The zero-order chi connectivity index (χ0) is 16.8. The van der Waals surface area contributed by atoms with Gasteiger partial charge in [0.15, 0.2) is 0 Å². The fourth-order valence-corrected chi connectivity index (χ4v) is 3.03. The van der Waals surface area contributed by atoms with Gasteiger partial charge in [0, 0.05) is 9.79 Å². The summed E-state index contributed by atoms with van der Waals surface area (Å²) < 4.78 is 0. The molecule has 0 heterocycles. The van der Waals surface area contributed by atoms with E-state index in [1.54, 1.807) is 6.92 Å². The van der Waals surface area contributed by atoms with Crippen molar-refractivity contribution in [3.05, 3.63) is 73.3 Å². The first-order valence-corrected chi connectivity index (χ1v) is 8.55. The molecule has 2 aromatic rings. The summed E-state index contributed by atoms with van der Waals surface area (Å²) >= 11 is 2.33. The Bertz CT molecular complexity index is 744. The van der Waals surface area contributed by atoms with Crippen molar-refractivity contribution in [2.75, 3.05) is 0 Å². The minimum absolute atomic E-state index is 0.0222. The topological polar surface area (TPSA) is 34.1 Å². The van der Waals surface area contributed by atoms with E-state index in [1.807, 2.05) is 48.5 Å². The second-order valence-corrected chi connectivity index (χ2v) is 6.97. The molecule has 0 aliphatic carbocycles. The van der Waals surface area contributed by atoms with Crippen molar-refractivity contribution in [2.45, 2.75) is 16.7 Å². The molecule has 0 bridgehead atoms. The molecule has 0 aliphatic heterocycles. The highest BCUT2D eigenvalue weighted by Gasteiger charge is 2.06. The summed E-state index contributed by atoms with van der Waals surface area (Å²) in [5.41, 5.74) is 2.66. The molecule has 0 fully saturated rings. The van der Waals surface area contributed by atoms with E-state index in [1.165, 1.54) is 17.8 Å². The summed E-state index contributed by atoms with van der Waals surface area (Å²) in [7, 11) is 0. The maximum Gasteiger partial charge on any atom is 0.219 e. The van der Waals surface area contributed by atoms with Crippen LogP contribution in [0.25, 0.3) is 11.1 Å². The summed E-state index contributed by atoms with van der Waals surface area (Å²) in [6.45, 7) is 8.82. The van der Waals surface area contributed by atoms with Gasteiger partial charge in [-0.3, -0.25) is 9.59 Å². The minimum atomic E-state index is -0.0682. The number of hydrogen-bond donors (Lipinski definition) is 0. The second-order valence-electron chi connectivity index (χ2n) is 4.84. The third kappa shape index (κ3) is 4.98. The van der Waals surface area contributed by atoms with Crippen LogP contribution in [0.5, 0.6) is 0 Å². The lowest BCUT2D eigenvalue weighted by atomic mass is 10.1. The summed E-state index contributed by atoms with van der Waals surface area (Å²) in [4.78, 5) is 24.7. The zero-order valence-electron chi connectivity index (χ0n) is 12.7. The van der Waals surface area contributed by atoms with Crippen LogP contribution in [0.15, 0.2) is 83.1 Å². The van der Waals surface area contributed by atoms with E-state index in [2.05, 4.69) is 13.2 Å². The number of hydrogen-bond acceptors (Lipinski definition) is 4. The third-order valence-corrected chi connectivity index (χ3v) is 4.90. The number of thioether (sulfide) groups is 2. The lowest BCUT2D eigenvalue weighted by Gasteiger charge is -2.05. The molecule has 0 saturated heterocycles. The number of carbonyl (C=O) groups is 2. The molecule has 0 N–H and O–H groups in total. The monoisotopic (exact) mass is 340 g/mol. The number of rotatable bonds is 5. The Hall–Kier alpha value is -2.04. The van der Waals surface area contributed by atoms with Crippen molar-refractivity contribution >= 4 is 33.8 Å². The Morgan fingerprint density at radius 3 is 1.70 bits per heavy atom. The van der Waals surface area contributed by atoms with E-state index in [0.717, 1.165) is 32.7 Å². The number of benzene rings is 2. The molecule has 0 aromatic heterocycles. The van der Waals surface area contributed by atoms with Crippen molar-refractivity contribution in [3.8, 4) is 11.1 Å². The van der Waals surface area contributed by atoms with Crippen LogP contribution in [0, 0.1) is 0 Å². The van der Waals surface area contributed by atoms with Crippen molar-refractivity contribution in [1.29, 1.82) is 0 Å². The molecule has 4 heteroatoms. The molecule has 0 spiro atoms. The first-order chi connectivity index (χ1) is 11.0. The molecular formula is C19H16O2S2. The van der Waals surface area contributed by atoms with E-state index in [-0.39, 0.29) is 10.2 Å². The lowest BCUT2D eigenvalue weighted by Crippen LogP contribution is -1.90. The molecule has 0 saturated carbocycles. The molecule has 2 aromatic carbocycles. The normalized spacial score (nSPS) is 10.1. The van der Waals surface area contributed by atoms with E-state index in [9.17, 15) is 9.59 Å².